The Bertz CT molecular complexity index is 884. The fraction of sp³-hybridized carbons (Fsp3) is 0.333. The average molecular weight is 417 g/mol. The monoisotopic (exact) mass is 416 g/mol. The average Bonchev–Trinajstić information content (AvgIpc) is 2.65. The Morgan fingerprint density at radius 3 is 2.38 bits per heavy atom. The van der Waals surface area contributed by atoms with E-state index in [9.17, 15) is 14.4 Å². The minimum absolute atomic E-state index is 0.158. The highest BCUT2D eigenvalue weighted by atomic mass is 35.5. The summed E-state index contributed by atoms with van der Waals surface area (Å²) >= 11 is 5.84. The minimum atomic E-state index is -0.770. The molecule has 3 amide bonds. The molecule has 0 aliphatic heterocycles. The molecule has 2 rings (SSSR count). The second kappa shape index (κ2) is 10.0. The number of aryl methyl sites for hydroxylation is 1. The number of benzene rings is 1. The molecule has 7 nitrogen and oxygen atoms in total. The molecule has 0 aliphatic carbocycles. The van der Waals surface area contributed by atoms with Gasteiger partial charge in [0.05, 0.1) is 6.54 Å². The number of pyridine rings is 1. The van der Waals surface area contributed by atoms with Crippen LogP contribution >= 0.6 is 11.6 Å². The quantitative estimate of drug-likeness (QED) is 0.726. The van der Waals surface area contributed by atoms with Gasteiger partial charge in [-0.05, 0) is 54.8 Å². The van der Waals surface area contributed by atoms with Crippen LogP contribution in [-0.4, -0.2) is 47.2 Å². The van der Waals surface area contributed by atoms with E-state index >= 15 is 0 Å². The summed E-state index contributed by atoms with van der Waals surface area (Å²) in [5.74, 6) is -0.842. The Labute approximate surface area is 175 Å². The molecule has 2 N–H and O–H groups in total. The van der Waals surface area contributed by atoms with E-state index in [0.29, 0.717) is 16.4 Å². The number of halogens is 1. The van der Waals surface area contributed by atoms with Crippen LogP contribution in [0.1, 0.15) is 29.8 Å². The molecule has 2 aromatic rings. The number of rotatable bonds is 7. The first-order valence-corrected chi connectivity index (χ1v) is 9.59. The van der Waals surface area contributed by atoms with Crippen molar-refractivity contribution in [3.8, 4) is 0 Å². The maximum atomic E-state index is 12.8. The van der Waals surface area contributed by atoms with Crippen molar-refractivity contribution >= 4 is 35.1 Å². The molecule has 0 fully saturated rings. The Morgan fingerprint density at radius 2 is 1.79 bits per heavy atom. The van der Waals surface area contributed by atoms with Gasteiger partial charge in [0.2, 0.25) is 11.8 Å². The molecule has 1 heterocycles. The van der Waals surface area contributed by atoms with Crippen LogP contribution in [0.2, 0.25) is 5.02 Å². The zero-order valence-electron chi connectivity index (χ0n) is 16.9. The molecule has 0 aliphatic rings. The minimum Gasteiger partial charge on any atom is -0.340 e. The molecule has 29 heavy (non-hydrogen) atoms. The van der Waals surface area contributed by atoms with Gasteiger partial charge in [-0.15, -0.1) is 0 Å². The predicted octanol–water partition coefficient (Wildman–Crippen LogP) is 2.89. The zero-order chi connectivity index (χ0) is 21.6. The Balaban J connectivity index is 2.00. The first-order chi connectivity index (χ1) is 13.7. The van der Waals surface area contributed by atoms with Gasteiger partial charge >= 0.3 is 0 Å². The van der Waals surface area contributed by atoms with Gasteiger partial charge in [0.1, 0.15) is 11.9 Å². The third-order valence-electron chi connectivity index (χ3n) is 4.27. The number of aromatic nitrogens is 1. The number of amides is 3. The summed E-state index contributed by atoms with van der Waals surface area (Å²) in [5.41, 5.74) is 1.36. The number of hydrogen-bond donors (Lipinski definition) is 2. The van der Waals surface area contributed by atoms with Crippen LogP contribution in [0.3, 0.4) is 0 Å². The van der Waals surface area contributed by atoms with Crippen molar-refractivity contribution in [3.63, 3.8) is 0 Å². The van der Waals surface area contributed by atoms with Gasteiger partial charge in [-0.3, -0.25) is 14.4 Å². The Kier molecular flexibility index (Phi) is 7.73. The van der Waals surface area contributed by atoms with Crippen LogP contribution in [-0.2, 0) is 9.59 Å². The molecule has 1 atom stereocenters. The smallest absolute Gasteiger partial charge is 0.251 e. The molecular formula is C21H25ClN4O3. The lowest BCUT2D eigenvalue weighted by molar-refractivity contribution is -0.135. The Morgan fingerprint density at radius 1 is 1.14 bits per heavy atom. The molecule has 0 saturated heterocycles. The van der Waals surface area contributed by atoms with Gasteiger partial charge in [0, 0.05) is 23.8 Å². The van der Waals surface area contributed by atoms with Crippen molar-refractivity contribution in [1.82, 2.24) is 15.2 Å². The molecule has 0 spiro atoms. The van der Waals surface area contributed by atoms with Crippen LogP contribution in [0.15, 0.2) is 42.6 Å². The van der Waals surface area contributed by atoms with Gasteiger partial charge in [-0.25, -0.2) is 4.98 Å². The summed E-state index contributed by atoms with van der Waals surface area (Å²) in [6, 6.07) is 9.19. The molecular weight excluding hydrogens is 392 g/mol. The van der Waals surface area contributed by atoms with Gasteiger partial charge in [0.25, 0.3) is 5.91 Å². The van der Waals surface area contributed by atoms with Crippen LogP contribution in [0.5, 0.6) is 0 Å². The molecule has 0 saturated carbocycles. The van der Waals surface area contributed by atoms with Crippen molar-refractivity contribution in [3.05, 3.63) is 58.7 Å². The summed E-state index contributed by atoms with van der Waals surface area (Å²) in [6.45, 7) is 5.39. The number of carbonyl (C=O) groups is 3. The number of anilines is 1. The standard InChI is InChI=1S/C21H25ClN4O3/c1-13(2)19(25-20(28)15-5-7-16(22)8-6-15)21(29)26(4)12-18(27)24-17-11-14(3)9-10-23-17/h5-11,13,19H,12H2,1-4H3,(H,25,28)(H,23,24,27). The van der Waals surface area contributed by atoms with E-state index in [-0.39, 0.29) is 30.2 Å². The fourth-order valence-corrected chi connectivity index (χ4v) is 2.78. The van der Waals surface area contributed by atoms with E-state index in [1.165, 1.54) is 11.9 Å². The highest BCUT2D eigenvalue weighted by molar-refractivity contribution is 6.30. The van der Waals surface area contributed by atoms with Gasteiger partial charge < -0.3 is 15.5 Å². The Hall–Kier alpha value is -2.93. The summed E-state index contributed by atoms with van der Waals surface area (Å²) < 4.78 is 0. The fourth-order valence-electron chi connectivity index (χ4n) is 2.66. The molecule has 1 aromatic heterocycles. The third kappa shape index (κ3) is 6.57. The highest BCUT2D eigenvalue weighted by Gasteiger charge is 2.28. The lowest BCUT2D eigenvalue weighted by Gasteiger charge is -2.26. The number of carbonyl (C=O) groups excluding carboxylic acids is 3. The van der Waals surface area contributed by atoms with E-state index in [1.54, 1.807) is 36.5 Å². The van der Waals surface area contributed by atoms with Crippen molar-refractivity contribution in [2.45, 2.75) is 26.8 Å². The van der Waals surface area contributed by atoms with Crippen LogP contribution < -0.4 is 10.6 Å². The van der Waals surface area contributed by atoms with E-state index in [4.69, 9.17) is 11.6 Å². The summed E-state index contributed by atoms with van der Waals surface area (Å²) in [4.78, 5) is 42.9. The summed E-state index contributed by atoms with van der Waals surface area (Å²) in [6.07, 6.45) is 1.60. The molecule has 0 radical (unpaired) electrons. The van der Waals surface area contributed by atoms with E-state index < -0.39 is 6.04 Å². The normalized spacial score (nSPS) is 11.7. The van der Waals surface area contributed by atoms with Crippen LogP contribution in [0.25, 0.3) is 0 Å². The largest absolute Gasteiger partial charge is 0.340 e. The summed E-state index contributed by atoms with van der Waals surface area (Å²) in [5, 5.41) is 5.93. The van der Waals surface area contributed by atoms with Crippen molar-refractivity contribution < 1.29 is 14.4 Å². The first kappa shape index (κ1) is 22.4. The number of nitrogens with one attached hydrogen (secondary N) is 2. The van der Waals surface area contributed by atoms with Crippen molar-refractivity contribution in [1.29, 1.82) is 0 Å². The third-order valence-corrected chi connectivity index (χ3v) is 4.52. The highest BCUT2D eigenvalue weighted by Crippen LogP contribution is 2.12. The lowest BCUT2D eigenvalue weighted by Crippen LogP contribution is -2.51. The van der Waals surface area contributed by atoms with Gasteiger partial charge in [-0.2, -0.15) is 0 Å². The second-order valence-corrected chi connectivity index (χ2v) is 7.60. The summed E-state index contributed by atoms with van der Waals surface area (Å²) in [7, 11) is 1.52. The topological polar surface area (TPSA) is 91.4 Å². The molecule has 1 unspecified atom stereocenters. The predicted molar refractivity (Wildman–Crippen MR) is 113 cm³/mol. The lowest BCUT2D eigenvalue weighted by atomic mass is 10.0. The van der Waals surface area contributed by atoms with Crippen LogP contribution in [0, 0.1) is 12.8 Å². The number of likely N-dealkylation sites (N-methyl/N-ethyl adjacent to an activating group) is 1. The molecule has 0 bridgehead atoms. The molecule has 154 valence electrons. The van der Waals surface area contributed by atoms with Gasteiger partial charge in [-0.1, -0.05) is 25.4 Å². The van der Waals surface area contributed by atoms with E-state index in [1.807, 2.05) is 26.8 Å². The maximum absolute atomic E-state index is 12.8. The first-order valence-electron chi connectivity index (χ1n) is 9.21. The number of nitrogens with zero attached hydrogens (tertiary/aromatic N) is 2. The zero-order valence-corrected chi connectivity index (χ0v) is 17.7. The second-order valence-electron chi connectivity index (χ2n) is 7.16. The molecule has 8 heteroatoms. The van der Waals surface area contributed by atoms with Gasteiger partial charge in [0.15, 0.2) is 0 Å². The van der Waals surface area contributed by atoms with Crippen molar-refractivity contribution in [2.24, 2.45) is 5.92 Å². The SMILES string of the molecule is Cc1ccnc(NC(=O)CN(C)C(=O)C(NC(=O)c2ccc(Cl)cc2)C(C)C)c1. The van der Waals surface area contributed by atoms with E-state index in [2.05, 4.69) is 15.6 Å². The molecule has 1 aromatic carbocycles. The van der Waals surface area contributed by atoms with Crippen LogP contribution in [0.4, 0.5) is 5.82 Å². The number of hydrogen-bond acceptors (Lipinski definition) is 4. The maximum Gasteiger partial charge on any atom is 0.251 e. The van der Waals surface area contributed by atoms with E-state index in [0.717, 1.165) is 5.56 Å². The van der Waals surface area contributed by atoms with Crippen molar-refractivity contribution in [2.75, 3.05) is 18.9 Å².